The summed E-state index contributed by atoms with van der Waals surface area (Å²) in [5.74, 6) is 0.0122. The van der Waals surface area contributed by atoms with Crippen LogP contribution in [0.4, 0.5) is 0 Å². The Balaban J connectivity index is 2.66. The van der Waals surface area contributed by atoms with E-state index in [-0.39, 0.29) is 11.0 Å². The quantitative estimate of drug-likeness (QED) is 0.758. The molecule has 120 valence electrons. The van der Waals surface area contributed by atoms with Crippen molar-refractivity contribution in [2.75, 3.05) is 13.7 Å². The van der Waals surface area contributed by atoms with Crippen LogP contribution < -0.4 is 11.2 Å². The number of methoxy groups -OCH3 is 1. The van der Waals surface area contributed by atoms with Gasteiger partial charge in [-0.3, -0.25) is 19.1 Å². The number of H-pyrrole nitrogens is 1. The van der Waals surface area contributed by atoms with Crippen LogP contribution in [0.15, 0.2) is 14.7 Å². The minimum absolute atomic E-state index is 0.0122. The molecule has 0 saturated heterocycles. The fourth-order valence-corrected chi connectivity index (χ4v) is 2.87. The van der Waals surface area contributed by atoms with E-state index in [0.29, 0.717) is 29.5 Å². The lowest BCUT2D eigenvalue weighted by molar-refractivity contribution is -0.116. The summed E-state index contributed by atoms with van der Waals surface area (Å²) in [6, 6.07) is 0. The van der Waals surface area contributed by atoms with Crippen molar-refractivity contribution in [2.24, 2.45) is 7.05 Å². The number of aromatic amines is 1. The zero-order valence-electron chi connectivity index (χ0n) is 12.9. The number of nitrogens with one attached hydrogen (secondary N) is 1. The number of rotatable bonds is 6. The number of hydrogen-bond acceptors (Lipinski definition) is 6. The molecular weight excluding hydrogens is 308 g/mol. The van der Waals surface area contributed by atoms with Gasteiger partial charge in [-0.1, -0.05) is 11.8 Å². The van der Waals surface area contributed by atoms with Crippen molar-refractivity contribution < 1.29 is 9.53 Å². The van der Waals surface area contributed by atoms with E-state index in [2.05, 4.69) is 9.97 Å². The first-order chi connectivity index (χ1) is 10.4. The van der Waals surface area contributed by atoms with Gasteiger partial charge in [0.1, 0.15) is 5.78 Å². The molecule has 0 unspecified atom stereocenters. The Hall–Kier alpha value is -1.87. The lowest BCUT2D eigenvalue weighted by Crippen LogP contribution is -2.29. The minimum Gasteiger partial charge on any atom is -0.383 e. The monoisotopic (exact) mass is 326 g/mol. The number of Topliss-reactive ketones (excluding diaryl/α,β-unsaturated/α-hetero) is 1. The van der Waals surface area contributed by atoms with Crippen molar-refractivity contribution in [3.8, 4) is 0 Å². The van der Waals surface area contributed by atoms with E-state index in [0.717, 1.165) is 0 Å². The van der Waals surface area contributed by atoms with Crippen molar-refractivity contribution in [1.29, 1.82) is 0 Å². The summed E-state index contributed by atoms with van der Waals surface area (Å²) in [4.78, 5) is 41.9. The molecule has 0 fully saturated rings. The second-order valence-electron chi connectivity index (χ2n) is 4.90. The number of aromatic nitrogens is 4. The molecule has 2 aromatic heterocycles. The Morgan fingerprint density at radius 3 is 2.73 bits per heavy atom. The lowest BCUT2D eigenvalue weighted by Gasteiger charge is -2.10. The molecule has 2 aromatic rings. The number of fused-ring (bicyclic) bond motifs is 1. The predicted octanol–water partition coefficient (Wildman–Crippen LogP) is 0.139. The molecule has 0 saturated carbocycles. The van der Waals surface area contributed by atoms with Crippen molar-refractivity contribution in [1.82, 2.24) is 19.1 Å². The van der Waals surface area contributed by atoms with Crippen molar-refractivity contribution in [3.05, 3.63) is 20.8 Å². The number of carbonyl (C=O) groups is 1. The number of ketones is 1. The molecule has 0 aliphatic heterocycles. The van der Waals surface area contributed by atoms with E-state index in [9.17, 15) is 14.4 Å². The maximum Gasteiger partial charge on any atom is 0.329 e. The Labute approximate surface area is 130 Å². The van der Waals surface area contributed by atoms with Gasteiger partial charge in [0.25, 0.3) is 5.56 Å². The first-order valence-corrected chi connectivity index (χ1v) is 7.60. The van der Waals surface area contributed by atoms with Gasteiger partial charge in [0.15, 0.2) is 16.3 Å². The van der Waals surface area contributed by atoms with Crippen LogP contribution in [-0.2, 0) is 23.1 Å². The van der Waals surface area contributed by atoms with Gasteiger partial charge in [0.2, 0.25) is 0 Å². The molecule has 0 aromatic carbocycles. The number of nitrogens with zero attached hydrogens (tertiary/aromatic N) is 3. The average molecular weight is 326 g/mol. The fourth-order valence-electron chi connectivity index (χ4n) is 1.94. The molecule has 0 aliphatic rings. The molecule has 0 bridgehead atoms. The van der Waals surface area contributed by atoms with Crippen LogP contribution >= 0.6 is 11.8 Å². The standard InChI is InChI=1S/C13H18N4O4S/c1-7(18)8(2)22-13-14-10-9(17(13)5-6-21-4)11(19)15-12(20)16(10)3/h8H,5-6H2,1-4H3,(H,15,19,20)/t8-/m1/s1. The normalized spacial score (nSPS) is 12.7. The average Bonchev–Trinajstić information content (AvgIpc) is 2.81. The van der Waals surface area contributed by atoms with Gasteiger partial charge in [-0.25, -0.2) is 9.78 Å². The van der Waals surface area contributed by atoms with Gasteiger partial charge in [0.05, 0.1) is 11.9 Å². The summed E-state index contributed by atoms with van der Waals surface area (Å²) in [5, 5.41) is 0.218. The molecule has 2 heterocycles. The van der Waals surface area contributed by atoms with Crippen molar-refractivity contribution in [2.45, 2.75) is 30.8 Å². The Kier molecular flexibility index (Phi) is 4.87. The summed E-state index contributed by atoms with van der Waals surface area (Å²) in [5.41, 5.74) is -0.422. The molecule has 8 nitrogen and oxygen atoms in total. The van der Waals surface area contributed by atoms with Crippen LogP contribution in [0, 0.1) is 0 Å². The molecule has 22 heavy (non-hydrogen) atoms. The van der Waals surface area contributed by atoms with E-state index in [1.54, 1.807) is 18.6 Å². The highest BCUT2D eigenvalue weighted by atomic mass is 32.2. The summed E-state index contributed by atoms with van der Waals surface area (Å²) >= 11 is 1.26. The van der Waals surface area contributed by atoms with Gasteiger partial charge in [-0.15, -0.1) is 0 Å². The second-order valence-corrected chi connectivity index (χ2v) is 6.21. The van der Waals surface area contributed by atoms with Crippen molar-refractivity contribution >= 4 is 28.7 Å². The molecule has 1 N–H and O–H groups in total. The fraction of sp³-hybridized carbons (Fsp3) is 0.538. The molecular formula is C13H18N4O4S. The number of hydrogen-bond donors (Lipinski definition) is 1. The van der Waals surface area contributed by atoms with E-state index < -0.39 is 11.2 Å². The highest BCUT2D eigenvalue weighted by molar-refractivity contribution is 8.00. The molecule has 1 atom stereocenters. The molecule has 0 spiro atoms. The third-order valence-corrected chi connectivity index (χ3v) is 4.55. The third kappa shape index (κ3) is 3.00. The van der Waals surface area contributed by atoms with E-state index in [1.807, 2.05) is 0 Å². The number of carbonyl (C=O) groups excluding carboxylic acids is 1. The van der Waals surface area contributed by atoms with E-state index >= 15 is 0 Å². The Morgan fingerprint density at radius 2 is 2.14 bits per heavy atom. The van der Waals surface area contributed by atoms with Gasteiger partial charge in [0, 0.05) is 20.7 Å². The topological polar surface area (TPSA) is 99.0 Å². The third-order valence-electron chi connectivity index (χ3n) is 3.35. The van der Waals surface area contributed by atoms with Crippen LogP contribution in [-0.4, -0.2) is 43.9 Å². The van der Waals surface area contributed by atoms with E-state index in [1.165, 1.54) is 30.3 Å². The Morgan fingerprint density at radius 1 is 1.45 bits per heavy atom. The van der Waals surface area contributed by atoms with Gasteiger partial charge in [-0.05, 0) is 13.8 Å². The zero-order chi connectivity index (χ0) is 16.4. The highest BCUT2D eigenvalue weighted by Gasteiger charge is 2.20. The maximum atomic E-state index is 12.1. The van der Waals surface area contributed by atoms with Gasteiger partial charge >= 0.3 is 5.69 Å². The number of thioether (sulfide) groups is 1. The molecule has 0 aliphatic carbocycles. The summed E-state index contributed by atoms with van der Waals surface area (Å²) in [6.45, 7) is 4.07. The van der Waals surface area contributed by atoms with Crippen LogP contribution in [0.5, 0.6) is 0 Å². The van der Waals surface area contributed by atoms with Crippen molar-refractivity contribution in [3.63, 3.8) is 0 Å². The van der Waals surface area contributed by atoms with E-state index in [4.69, 9.17) is 4.74 Å². The number of ether oxygens (including phenoxy) is 1. The highest BCUT2D eigenvalue weighted by Crippen LogP contribution is 2.25. The van der Waals surface area contributed by atoms with Crippen LogP contribution in [0.3, 0.4) is 0 Å². The zero-order valence-corrected chi connectivity index (χ0v) is 13.7. The second kappa shape index (κ2) is 6.49. The van der Waals surface area contributed by atoms with Gasteiger partial charge < -0.3 is 9.30 Å². The lowest BCUT2D eigenvalue weighted by atomic mass is 10.3. The SMILES string of the molecule is COCCn1c(S[C@H](C)C(C)=O)nc2c1c(=O)[nH]c(=O)n2C. The maximum absolute atomic E-state index is 12.1. The first kappa shape index (κ1) is 16.5. The molecule has 2 rings (SSSR count). The summed E-state index contributed by atoms with van der Waals surface area (Å²) < 4.78 is 8.02. The van der Waals surface area contributed by atoms with Crippen LogP contribution in [0.2, 0.25) is 0 Å². The van der Waals surface area contributed by atoms with Crippen LogP contribution in [0.25, 0.3) is 11.2 Å². The summed E-state index contributed by atoms with van der Waals surface area (Å²) in [7, 11) is 3.10. The number of aryl methyl sites for hydroxylation is 1. The summed E-state index contributed by atoms with van der Waals surface area (Å²) in [6.07, 6.45) is 0. The minimum atomic E-state index is -0.523. The Bertz CT molecular complexity index is 820. The molecule has 0 radical (unpaired) electrons. The molecule has 9 heteroatoms. The van der Waals surface area contributed by atoms with Gasteiger partial charge in [-0.2, -0.15) is 0 Å². The number of imidazole rings is 1. The smallest absolute Gasteiger partial charge is 0.329 e. The first-order valence-electron chi connectivity index (χ1n) is 6.72. The largest absolute Gasteiger partial charge is 0.383 e. The predicted molar refractivity (Wildman–Crippen MR) is 83.5 cm³/mol. The molecule has 0 amide bonds. The van der Waals surface area contributed by atoms with Crippen LogP contribution in [0.1, 0.15) is 13.8 Å².